The molecule has 4 N–H and O–H groups in total. The van der Waals surface area contributed by atoms with Crippen molar-refractivity contribution in [3.8, 4) is 0 Å². The van der Waals surface area contributed by atoms with Gasteiger partial charge in [0.05, 0.1) is 0 Å². The second-order valence-electron chi connectivity index (χ2n) is 5.08. The third-order valence-electron chi connectivity index (χ3n) is 3.02. The van der Waals surface area contributed by atoms with Gasteiger partial charge in [0.2, 0.25) is 5.91 Å². The van der Waals surface area contributed by atoms with Crippen LogP contribution in [0.4, 0.5) is 5.69 Å². The van der Waals surface area contributed by atoms with Gasteiger partial charge in [0.1, 0.15) is 6.04 Å². The summed E-state index contributed by atoms with van der Waals surface area (Å²) in [7, 11) is 1.50. The number of hydrogen-bond donors (Lipinski definition) is 3. The molecule has 0 bridgehead atoms. The highest BCUT2D eigenvalue weighted by Gasteiger charge is 2.15. The number of unbranched alkanes of at least 4 members (excludes halogenated alkanes) is 1. The summed E-state index contributed by atoms with van der Waals surface area (Å²) < 4.78 is 0. The van der Waals surface area contributed by atoms with Gasteiger partial charge >= 0.3 is 0 Å². The minimum Gasteiger partial charge on any atom is -0.374 e. The third-order valence-corrected chi connectivity index (χ3v) is 3.45. The molecule has 0 spiro atoms. The van der Waals surface area contributed by atoms with Gasteiger partial charge in [0.15, 0.2) is 0 Å². The molecule has 0 aliphatic heterocycles. The van der Waals surface area contributed by atoms with Crippen LogP contribution in [0.3, 0.4) is 0 Å². The molecular weight excluding hydrogens is 321 g/mol. The zero-order valence-corrected chi connectivity index (χ0v) is 15.3. The summed E-state index contributed by atoms with van der Waals surface area (Å²) >= 11 is 11.9. The maximum atomic E-state index is 12.1. The Morgan fingerprint density at radius 3 is 2.23 bits per heavy atom. The first-order chi connectivity index (χ1) is 10.4. The number of anilines is 1. The molecule has 0 aliphatic carbocycles. The van der Waals surface area contributed by atoms with Gasteiger partial charge < -0.3 is 16.4 Å². The van der Waals surface area contributed by atoms with Crippen molar-refractivity contribution in [2.75, 3.05) is 12.4 Å². The monoisotopic (exact) mass is 347 g/mol. The molecule has 1 unspecified atom stereocenters. The normalized spacial score (nSPS) is 12.7. The molecule has 22 heavy (non-hydrogen) atoms. The molecule has 1 rings (SSSR count). The molecule has 0 heterocycles. The van der Waals surface area contributed by atoms with E-state index in [0.29, 0.717) is 10.0 Å². The van der Waals surface area contributed by atoms with Crippen LogP contribution in [-0.2, 0) is 4.79 Å². The molecular formula is C16H27Cl2N3O. The van der Waals surface area contributed by atoms with Crippen molar-refractivity contribution < 1.29 is 4.79 Å². The van der Waals surface area contributed by atoms with Crippen LogP contribution in [0.2, 0.25) is 10.0 Å². The number of carbonyl (C=O) groups excluding carboxylic acids is 1. The summed E-state index contributed by atoms with van der Waals surface area (Å²) in [6.07, 6.45) is 3.25. The van der Waals surface area contributed by atoms with Crippen molar-refractivity contribution in [3.63, 3.8) is 0 Å². The van der Waals surface area contributed by atoms with E-state index in [9.17, 15) is 4.79 Å². The molecule has 0 aromatic heterocycles. The smallest absolute Gasteiger partial charge is 0.242 e. The quantitative estimate of drug-likeness (QED) is 0.696. The lowest BCUT2D eigenvalue weighted by Gasteiger charge is -2.19. The first-order valence-corrected chi connectivity index (χ1v) is 8.28. The molecule has 0 aliphatic rings. The predicted molar refractivity (Wildman–Crippen MR) is 96.8 cm³/mol. The summed E-state index contributed by atoms with van der Waals surface area (Å²) in [5, 5.41) is 7.19. The van der Waals surface area contributed by atoms with Crippen LogP contribution < -0.4 is 16.4 Å². The van der Waals surface area contributed by atoms with E-state index in [1.54, 1.807) is 18.2 Å². The fraction of sp³-hybridized carbons (Fsp3) is 0.562. The fourth-order valence-corrected chi connectivity index (χ4v) is 2.43. The van der Waals surface area contributed by atoms with Crippen molar-refractivity contribution >= 4 is 34.8 Å². The summed E-state index contributed by atoms with van der Waals surface area (Å²) in [6.45, 7) is 5.98. The molecule has 1 aromatic rings. The van der Waals surface area contributed by atoms with Crippen LogP contribution in [-0.4, -0.2) is 25.0 Å². The van der Waals surface area contributed by atoms with E-state index in [4.69, 9.17) is 23.2 Å². The molecule has 0 saturated carbocycles. The fourth-order valence-electron chi connectivity index (χ4n) is 1.90. The average molecular weight is 348 g/mol. The van der Waals surface area contributed by atoms with Crippen LogP contribution in [0.1, 0.15) is 40.0 Å². The molecule has 126 valence electrons. The van der Waals surface area contributed by atoms with E-state index >= 15 is 0 Å². The van der Waals surface area contributed by atoms with Crippen LogP contribution in [0.15, 0.2) is 18.2 Å². The van der Waals surface area contributed by atoms with Gasteiger partial charge in [-0.2, -0.15) is 0 Å². The highest BCUT2D eigenvalue weighted by Crippen LogP contribution is 2.22. The highest BCUT2D eigenvalue weighted by atomic mass is 35.5. The number of halogens is 2. The van der Waals surface area contributed by atoms with Crippen LogP contribution in [0.5, 0.6) is 0 Å². The van der Waals surface area contributed by atoms with E-state index in [1.165, 1.54) is 7.05 Å². The average Bonchev–Trinajstić information content (AvgIpc) is 2.46. The molecule has 0 fully saturated rings. The number of carbonyl (C=O) groups is 1. The first kappa shape index (κ1) is 21.0. The molecule has 0 saturated heterocycles. The minimum absolute atomic E-state index is 0.0234. The summed E-state index contributed by atoms with van der Waals surface area (Å²) in [4.78, 5) is 12.1. The Hall–Kier alpha value is -0.970. The summed E-state index contributed by atoms with van der Waals surface area (Å²) in [5.74, 6) is -0.0234. The van der Waals surface area contributed by atoms with Crippen molar-refractivity contribution in [1.82, 2.24) is 5.32 Å². The second kappa shape index (κ2) is 11.6. The van der Waals surface area contributed by atoms with Crippen molar-refractivity contribution in [1.29, 1.82) is 0 Å². The number of rotatable bonds is 7. The maximum absolute atomic E-state index is 12.1. The molecule has 2 atom stereocenters. The zero-order chi connectivity index (χ0) is 17.1. The summed E-state index contributed by atoms with van der Waals surface area (Å²) in [6, 6.07) is 5.00. The molecule has 4 nitrogen and oxygen atoms in total. The lowest BCUT2D eigenvalue weighted by molar-refractivity contribution is -0.122. The Morgan fingerprint density at radius 2 is 1.73 bits per heavy atom. The van der Waals surface area contributed by atoms with E-state index in [2.05, 4.69) is 23.3 Å². The van der Waals surface area contributed by atoms with Crippen molar-refractivity contribution in [3.05, 3.63) is 28.2 Å². The van der Waals surface area contributed by atoms with Gasteiger partial charge in [-0.3, -0.25) is 4.79 Å². The van der Waals surface area contributed by atoms with Crippen LogP contribution in [0, 0.1) is 0 Å². The maximum Gasteiger partial charge on any atom is 0.242 e. The largest absolute Gasteiger partial charge is 0.374 e. The molecule has 6 heteroatoms. The summed E-state index contributed by atoms with van der Waals surface area (Å²) in [5.41, 5.74) is 5.24. The Bertz CT molecular complexity index is 435. The Kier molecular flexibility index (Phi) is 11.1. The molecule has 1 aromatic carbocycles. The van der Waals surface area contributed by atoms with Crippen molar-refractivity contribution in [2.24, 2.45) is 5.73 Å². The lowest BCUT2D eigenvalue weighted by Crippen LogP contribution is -2.42. The Morgan fingerprint density at radius 1 is 1.18 bits per heavy atom. The van der Waals surface area contributed by atoms with Gasteiger partial charge in [0, 0.05) is 21.8 Å². The van der Waals surface area contributed by atoms with E-state index in [1.807, 2.05) is 13.8 Å². The lowest BCUT2D eigenvalue weighted by atomic mass is 10.1. The Labute approximate surface area is 143 Å². The molecule has 1 amide bonds. The molecule has 0 radical (unpaired) electrons. The van der Waals surface area contributed by atoms with Crippen LogP contribution in [0.25, 0.3) is 0 Å². The van der Waals surface area contributed by atoms with Gasteiger partial charge in [-0.15, -0.1) is 0 Å². The zero-order valence-electron chi connectivity index (χ0n) is 13.7. The van der Waals surface area contributed by atoms with Gasteiger partial charge in [-0.25, -0.2) is 0 Å². The number of nitrogens with two attached hydrogens (primary N) is 1. The second-order valence-corrected chi connectivity index (χ2v) is 5.95. The van der Waals surface area contributed by atoms with Gasteiger partial charge in [-0.1, -0.05) is 43.0 Å². The third kappa shape index (κ3) is 8.47. The topological polar surface area (TPSA) is 67.2 Å². The number of hydrogen-bond acceptors (Lipinski definition) is 3. The number of amides is 1. The standard InChI is InChI=1S/C15H22Cl2N2O.CH5N/c1-4-5-6-10(2)18-15(20)11(3)19-14-8-12(16)7-13(17)9-14;1-2/h7-11,19H,4-6H2,1-3H3,(H,18,20);2H2,1H3/t10-,11?;/m0./s1. The van der Waals surface area contributed by atoms with E-state index in [0.717, 1.165) is 24.9 Å². The predicted octanol–water partition coefficient (Wildman–Crippen LogP) is 4.06. The SMILES string of the molecule is CCCC[C@H](C)NC(=O)C(C)Nc1cc(Cl)cc(Cl)c1.CN. The van der Waals surface area contributed by atoms with Crippen LogP contribution >= 0.6 is 23.2 Å². The van der Waals surface area contributed by atoms with E-state index < -0.39 is 0 Å². The van der Waals surface area contributed by atoms with Gasteiger partial charge in [0.25, 0.3) is 0 Å². The highest BCUT2D eigenvalue weighted by molar-refractivity contribution is 6.35. The van der Waals surface area contributed by atoms with E-state index in [-0.39, 0.29) is 18.0 Å². The van der Waals surface area contributed by atoms with Gasteiger partial charge in [-0.05, 0) is 45.5 Å². The van der Waals surface area contributed by atoms with Crippen molar-refractivity contribution in [2.45, 2.75) is 52.1 Å². The Balaban J connectivity index is 0.00000211. The number of nitrogens with one attached hydrogen (secondary N) is 2. The number of benzene rings is 1. The first-order valence-electron chi connectivity index (χ1n) is 7.53. The minimum atomic E-state index is -0.339.